The normalized spacial score (nSPS) is 26.1. The molecule has 2 aliphatic rings. The van der Waals surface area contributed by atoms with Crippen LogP contribution in [0.4, 0.5) is 0 Å². The van der Waals surface area contributed by atoms with E-state index in [-0.39, 0.29) is 0 Å². The van der Waals surface area contributed by atoms with Crippen LogP contribution < -0.4 is 0 Å². The molecule has 1 atom stereocenters. The second-order valence-corrected chi connectivity index (χ2v) is 6.51. The van der Waals surface area contributed by atoms with Gasteiger partial charge in [0, 0.05) is 13.2 Å². The van der Waals surface area contributed by atoms with Gasteiger partial charge in [0.05, 0.1) is 0 Å². The molecular formula is C16H32O. The number of hydrogen-bond acceptors (Lipinski definition) is 1. The second-order valence-electron chi connectivity index (χ2n) is 6.51. The maximum atomic E-state index is 5.34. The van der Waals surface area contributed by atoms with Crippen LogP contribution >= 0.6 is 0 Å². The van der Waals surface area contributed by atoms with E-state index >= 15 is 0 Å². The lowest BCUT2D eigenvalue weighted by molar-refractivity contribution is 0.0373. The Labute approximate surface area is 108 Å². The summed E-state index contributed by atoms with van der Waals surface area (Å²) in [7, 11) is 0. The van der Waals surface area contributed by atoms with Crippen LogP contribution in [-0.4, -0.2) is 13.2 Å². The van der Waals surface area contributed by atoms with Gasteiger partial charge in [-0.05, 0) is 36.5 Å². The topological polar surface area (TPSA) is 9.23 Å². The number of rotatable bonds is 2. The molecular weight excluding hydrogens is 208 g/mol. The maximum Gasteiger partial charge on any atom is 0.0496 e. The smallest absolute Gasteiger partial charge is 0.0496 e. The predicted octanol–water partition coefficient (Wildman–Crippen LogP) is 4.90. The molecule has 17 heavy (non-hydrogen) atoms. The molecule has 102 valence electrons. The van der Waals surface area contributed by atoms with E-state index in [0.29, 0.717) is 0 Å². The Morgan fingerprint density at radius 2 is 1.29 bits per heavy atom. The molecule has 1 unspecified atom stereocenters. The molecule has 0 radical (unpaired) electrons. The minimum Gasteiger partial charge on any atom is -0.381 e. The molecule has 0 aromatic carbocycles. The van der Waals surface area contributed by atoms with Crippen molar-refractivity contribution in [1.82, 2.24) is 0 Å². The van der Waals surface area contributed by atoms with Crippen LogP contribution in [0.2, 0.25) is 0 Å². The SMILES string of the molecule is CC(C)C1CCCC1.CC(C)C1CCCOC1. The van der Waals surface area contributed by atoms with E-state index in [0.717, 1.165) is 36.9 Å². The summed E-state index contributed by atoms with van der Waals surface area (Å²) in [6.07, 6.45) is 8.61. The van der Waals surface area contributed by atoms with Crippen molar-refractivity contribution in [3.63, 3.8) is 0 Å². The summed E-state index contributed by atoms with van der Waals surface area (Å²) in [4.78, 5) is 0. The zero-order valence-electron chi connectivity index (χ0n) is 12.4. The van der Waals surface area contributed by atoms with Crippen LogP contribution in [0.25, 0.3) is 0 Å². The van der Waals surface area contributed by atoms with Gasteiger partial charge in [0.1, 0.15) is 0 Å². The molecule has 1 saturated heterocycles. The van der Waals surface area contributed by atoms with Crippen LogP contribution in [0.1, 0.15) is 66.2 Å². The van der Waals surface area contributed by atoms with Crippen molar-refractivity contribution >= 4 is 0 Å². The van der Waals surface area contributed by atoms with Crippen LogP contribution in [-0.2, 0) is 4.74 Å². The van der Waals surface area contributed by atoms with Gasteiger partial charge in [0.15, 0.2) is 0 Å². The summed E-state index contributed by atoms with van der Waals surface area (Å²) in [5.74, 6) is 3.65. The lowest BCUT2D eigenvalue weighted by Gasteiger charge is -2.24. The van der Waals surface area contributed by atoms with E-state index in [1.165, 1.54) is 38.5 Å². The standard InChI is InChI=1S/C8H16O.C8H16/c1-7(2)8-4-3-5-9-6-8;1-7(2)8-5-3-4-6-8/h7-8H,3-6H2,1-2H3;7-8H,3-6H2,1-2H3. The minimum atomic E-state index is 0.810. The minimum absolute atomic E-state index is 0.810. The van der Waals surface area contributed by atoms with Gasteiger partial charge in [-0.15, -0.1) is 0 Å². The molecule has 2 fully saturated rings. The molecule has 1 saturated carbocycles. The largest absolute Gasteiger partial charge is 0.381 e. The van der Waals surface area contributed by atoms with E-state index in [1.807, 2.05) is 0 Å². The lowest BCUT2D eigenvalue weighted by atomic mass is 9.91. The molecule has 0 N–H and O–H groups in total. The van der Waals surface area contributed by atoms with E-state index in [1.54, 1.807) is 0 Å². The fraction of sp³-hybridized carbons (Fsp3) is 1.00. The molecule has 1 aliphatic heterocycles. The Morgan fingerprint density at radius 3 is 1.59 bits per heavy atom. The van der Waals surface area contributed by atoms with Gasteiger partial charge in [-0.3, -0.25) is 0 Å². The predicted molar refractivity (Wildman–Crippen MR) is 75.2 cm³/mol. The first-order valence-corrected chi connectivity index (χ1v) is 7.69. The van der Waals surface area contributed by atoms with Gasteiger partial charge in [-0.25, -0.2) is 0 Å². The van der Waals surface area contributed by atoms with E-state index in [9.17, 15) is 0 Å². The fourth-order valence-corrected chi connectivity index (χ4v) is 2.92. The van der Waals surface area contributed by atoms with E-state index in [2.05, 4.69) is 27.7 Å². The first-order valence-electron chi connectivity index (χ1n) is 7.69. The van der Waals surface area contributed by atoms with Gasteiger partial charge in [-0.1, -0.05) is 53.4 Å². The molecule has 1 nitrogen and oxygen atoms in total. The van der Waals surface area contributed by atoms with Crippen molar-refractivity contribution in [1.29, 1.82) is 0 Å². The average Bonchev–Trinajstić information content (AvgIpc) is 2.84. The molecule has 2 rings (SSSR count). The summed E-state index contributed by atoms with van der Waals surface area (Å²) >= 11 is 0. The molecule has 1 heterocycles. The monoisotopic (exact) mass is 240 g/mol. The van der Waals surface area contributed by atoms with Gasteiger partial charge < -0.3 is 4.74 Å². The third kappa shape index (κ3) is 5.90. The van der Waals surface area contributed by atoms with Crippen LogP contribution in [0.15, 0.2) is 0 Å². The van der Waals surface area contributed by atoms with Gasteiger partial charge in [-0.2, -0.15) is 0 Å². The van der Waals surface area contributed by atoms with E-state index in [4.69, 9.17) is 4.74 Å². The summed E-state index contributed by atoms with van der Waals surface area (Å²) < 4.78 is 5.34. The zero-order valence-corrected chi connectivity index (χ0v) is 12.4. The van der Waals surface area contributed by atoms with Gasteiger partial charge >= 0.3 is 0 Å². The van der Waals surface area contributed by atoms with Crippen molar-refractivity contribution in [2.75, 3.05) is 13.2 Å². The number of hydrogen-bond donors (Lipinski definition) is 0. The highest BCUT2D eigenvalue weighted by Gasteiger charge is 2.17. The lowest BCUT2D eigenvalue weighted by Crippen LogP contribution is -2.21. The van der Waals surface area contributed by atoms with E-state index < -0.39 is 0 Å². The number of ether oxygens (including phenoxy) is 1. The Morgan fingerprint density at radius 1 is 0.765 bits per heavy atom. The molecule has 0 spiro atoms. The first kappa shape index (κ1) is 15.0. The third-order valence-electron chi connectivity index (χ3n) is 4.48. The zero-order chi connectivity index (χ0) is 12.7. The fourth-order valence-electron chi connectivity index (χ4n) is 2.92. The maximum absolute atomic E-state index is 5.34. The van der Waals surface area contributed by atoms with Crippen molar-refractivity contribution in [3.05, 3.63) is 0 Å². The van der Waals surface area contributed by atoms with Crippen LogP contribution in [0.5, 0.6) is 0 Å². The van der Waals surface area contributed by atoms with Crippen molar-refractivity contribution in [2.45, 2.75) is 66.2 Å². The van der Waals surface area contributed by atoms with Gasteiger partial charge in [0.2, 0.25) is 0 Å². The Kier molecular flexibility index (Phi) is 7.18. The van der Waals surface area contributed by atoms with Gasteiger partial charge in [0.25, 0.3) is 0 Å². The summed E-state index contributed by atoms with van der Waals surface area (Å²) in [5, 5.41) is 0. The Hall–Kier alpha value is -0.0400. The molecule has 0 aromatic rings. The Bertz CT molecular complexity index is 174. The van der Waals surface area contributed by atoms with Crippen molar-refractivity contribution < 1.29 is 4.74 Å². The average molecular weight is 240 g/mol. The quantitative estimate of drug-likeness (QED) is 0.667. The molecule has 0 amide bonds. The second kappa shape index (κ2) is 8.13. The first-order chi connectivity index (χ1) is 8.11. The molecule has 1 aliphatic carbocycles. The van der Waals surface area contributed by atoms with Crippen molar-refractivity contribution in [2.24, 2.45) is 23.7 Å². The van der Waals surface area contributed by atoms with Crippen molar-refractivity contribution in [3.8, 4) is 0 Å². The highest BCUT2D eigenvalue weighted by molar-refractivity contribution is 4.69. The van der Waals surface area contributed by atoms with Crippen LogP contribution in [0.3, 0.4) is 0 Å². The molecule has 1 heteroatoms. The summed E-state index contributed by atoms with van der Waals surface area (Å²) in [6.45, 7) is 11.2. The highest BCUT2D eigenvalue weighted by atomic mass is 16.5. The summed E-state index contributed by atoms with van der Waals surface area (Å²) in [5.41, 5.74) is 0. The summed E-state index contributed by atoms with van der Waals surface area (Å²) in [6, 6.07) is 0. The molecule has 0 aromatic heterocycles. The van der Waals surface area contributed by atoms with Crippen LogP contribution in [0, 0.1) is 23.7 Å². The third-order valence-corrected chi connectivity index (χ3v) is 4.48. The highest BCUT2D eigenvalue weighted by Crippen LogP contribution is 2.30. The Balaban J connectivity index is 0.000000171. The molecule has 0 bridgehead atoms.